The molecule has 3 rings (SSSR count). The van der Waals surface area contributed by atoms with Crippen molar-refractivity contribution in [1.29, 1.82) is 0 Å². The van der Waals surface area contributed by atoms with Crippen molar-refractivity contribution in [3.63, 3.8) is 0 Å². The van der Waals surface area contributed by atoms with Crippen LogP contribution in [-0.2, 0) is 0 Å². The Morgan fingerprint density at radius 3 is 2.65 bits per heavy atom. The second-order valence-corrected chi connectivity index (χ2v) is 6.99. The van der Waals surface area contributed by atoms with Crippen LogP contribution < -0.4 is 0 Å². The Kier molecular flexibility index (Phi) is 3.85. The number of hydrogen-bond acceptors (Lipinski definition) is 2. The summed E-state index contributed by atoms with van der Waals surface area (Å²) in [6.07, 6.45) is 6.39. The number of aryl methyl sites for hydroxylation is 1. The highest BCUT2D eigenvalue weighted by Gasteiger charge is 2.39. The molecule has 0 aromatic carbocycles. The molecule has 1 aromatic rings. The molecule has 1 saturated carbocycles. The van der Waals surface area contributed by atoms with Crippen molar-refractivity contribution in [3.05, 3.63) is 18.0 Å². The smallest absolute Gasteiger partial charge is 0.135 e. The molecule has 20 heavy (non-hydrogen) atoms. The number of nitrogens with zero attached hydrogens (tertiary/aromatic N) is 3. The van der Waals surface area contributed by atoms with Gasteiger partial charge >= 0.3 is 0 Å². The average Bonchev–Trinajstić information content (AvgIpc) is 2.73. The van der Waals surface area contributed by atoms with E-state index in [1.54, 1.807) is 0 Å². The summed E-state index contributed by atoms with van der Waals surface area (Å²) in [4.78, 5) is 2.37. The molecule has 4 heteroatoms. The van der Waals surface area contributed by atoms with Crippen LogP contribution in [0, 0.1) is 18.8 Å². The number of alkyl halides is 1. The largest absolute Gasteiger partial charge is 0.297 e. The van der Waals surface area contributed by atoms with E-state index >= 15 is 0 Å². The van der Waals surface area contributed by atoms with Gasteiger partial charge in [0.25, 0.3) is 0 Å². The number of aromatic nitrogens is 2. The molecule has 1 aliphatic heterocycles. The summed E-state index contributed by atoms with van der Waals surface area (Å²) in [5.41, 5.74) is 1.11. The Hall–Kier alpha value is -0.900. The molecule has 1 saturated heterocycles. The predicted molar refractivity (Wildman–Crippen MR) is 78.4 cm³/mol. The summed E-state index contributed by atoms with van der Waals surface area (Å²) >= 11 is 0. The third-order valence-corrected chi connectivity index (χ3v) is 5.22. The van der Waals surface area contributed by atoms with Crippen LogP contribution in [-0.4, -0.2) is 40.0 Å². The lowest BCUT2D eigenvalue weighted by Crippen LogP contribution is -2.52. The van der Waals surface area contributed by atoms with E-state index in [1.807, 2.05) is 24.0 Å². The molecule has 2 aliphatic rings. The van der Waals surface area contributed by atoms with Gasteiger partial charge in [0.15, 0.2) is 0 Å². The Morgan fingerprint density at radius 2 is 2.10 bits per heavy atom. The van der Waals surface area contributed by atoms with Gasteiger partial charge in [-0.05, 0) is 43.6 Å². The highest BCUT2D eigenvalue weighted by Crippen LogP contribution is 2.39. The molecule has 0 unspecified atom stereocenters. The minimum Gasteiger partial charge on any atom is -0.297 e. The first-order chi connectivity index (χ1) is 9.54. The van der Waals surface area contributed by atoms with Gasteiger partial charge in [-0.15, -0.1) is 0 Å². The maximum absolute atomic E-state index is 14.5. The monoisotopic (exact) mass is 279 g/mol. The van der Waals surface area contributed by atoms with E-state index in [2.05, 4.69) is 23.8 Å². The van der Waals surface area contributed by atoms with Crippen molar-refractivity contribution in [2.75, 3.05) is 13.1 Å². The molecule has 2 heterocycles. The summed E-state index contributed by atoms with van der Waals surface area (Å²) in [7, 11) is 0. The molecular formula is C16H26FN3. The fraction of sp³-hybridized carbons (Fsp3) is 0.812. The van der Waals surface area contributed by atoms with Crippen molar-refractivity contribution in [2.45, 2.75) is 58.3 Å². The van der Waals surface area contributed by atoms with E-state index in [9.17, 15) is 4.39 Å². The van der Waals surface area contributed by atoms with Crippen molar-refractivity contribution >= 4 is 0 Å². The van der Waals surface area contributed by atoms with Crippen LogP contribution in [0.2, 0.25) is 0 Å². The zero-order valence-electron chi connectivity index (χ0n) is 12.8. The fourth-order valence-electron chi connectivity index (χ4n) is 3.63. The molecule has 2 atom stereocenters. The summed E-state index contributed by atoms with van der Waals surface area (Å²) in [6, 6.07) is 0.557. The van der Waals surface area contributed by atoms with Crippen molar-refractivity contribution in [3.8, 4) is 0 Å². The standard InChI is InChI=1S/C16H26FN3/c1-11(2)13-6-14(7-13)19-5-4-16(15(17)10-19)20-9-12(3)8-18-20/h8-9,11,13-16H,4-7,10H2,1-3H3/t13?,14?,15-,16-/m0/s1. The molecule has 0 spiro atoms. The van der Waals surface area contributed by atoms with Gasteiger partial charge in [-0.3, -0.25) is 9.58 Å². The summed E-state index contributed by atoms with van der Waals surface area (Å²) in [5.74, 6) is 1.63. The van der Waals surface area contributed by atoms with Crippen LogP contribution in [0.5, 0.6) is 0 Å². The maximum Gasteiger partial charge on any atom is 0.135 e. The Morgan fingerprint density at radius 1 is 1.35 bits per heavy atom. The minimum atomic E-state index is -0.791. The molecule has 0 amide bonds. The molecule has 0 radical (unpaired) electrons. The number of hydrogen-bond donors (Lipinski definition) is 0. The lowest BCUT2D eigenvalue weighted by atomic mass is 9.72. The second-order valence-electron chi connectivity index (χ2n) is 6.99. The van der Waals surface area contributed by atoms with Gasteiger partial charge in [-0.1, -0.05) is 13.8 Å². The van der Waals surface area contributed by atoms with E-state index in [0.29, 0.717) is 12.6 Å². The van der Waals surface area contributed by atoms with Gasteiger partial charge in [0.2, 0.25) is 0 Å². The SMILES string of the molecule is Cc1cnn([C@H]2CCN(C3CC(C(C)C)C3)C[C@@H]2F)c1. The first kappa shape index (κ1) is 14.1. The van der Waals surface area contributed by atoms with Crippen LogP contribution >= 0.6 is 0 Å². The van der Waals surface area contributed by atoms with Crippen LogP contribution in [0.25, 0.3) is 0 Å². The zero-order valence-corrected chi connectivity index (χ0v) is 12.8. The molecular weight excluding hydrogens is 253 g/mol. The molecule has 0 bridgehead atoms. The number of rotatable bonds is 3. The van der Waals surface area contributed by atoms with Crippen molar-refractivity contribution < 1.29 is 4.39 Å². The average molecular weight is 279 g/mol. The van der Waals surface area contributed by atoms with E-state index in [4.69, 9.17) is 0 Å². The van der Waals surface area contributed by atoms with Gasteiger partial charge < -0.3 is 0 Å². The van der Waals surface area contributed by atoms with Gasteiger partial charge in [0, 0.05) is 25.3 Å². The number of likely N-dealkylation sites (tertiary alicyclic amines) is 1. The fourth-order valence-corrected chi connectivity index (χ4v) is 3.63. The first-order valence-corrected chi connectivity index (χ1v) is 7.93. The second kappa shape index (κ2) is 5.47. The number of halogens is 1. The van der Waals surface area contributed by atoms with Crippen LogP contribution in [0.4, 0.5) is 4.39 Å². The van der Waals surface area contributed by atoms with Gasteiger partial charge in [0.05, 0.1) is 12.2 Å². The molecule has 1 aliphatic carbocycles. The van der Waals surface area contributed by atoms with E-state index in [0.717, 1.165) is 30.4 Å². The number of piperidine rings is 1. The van der Waals surface area contributed by atoms with Gasteiger partial charge in [-0.2, -0.15) is 5.10 Å². The predicted octanol–water partition coefficient (Wildman–Crippen LogP) is 3.21. The lowest BCUT2D eigenvalue weighted by molar-refractivity contribution is -0.00180. The molecule has 0 N–H and O–H groups in total. The Labute approximate surface area is 121 Å². The van der Waals surface area contributed by atoms with E-state index in [1.165, 1.54) is 12.8 Å². The highest BCUT2D eigenvalue weighted by atomic mass is 19.1. The van der Waals surface area contributed by atoms with Crippen molar-refractivity contribution in [1.82, 2.24) is 14.7 Å². The molecule has 112 valence electrons. The van der Waals surface area contributed by atoms with Gasteiger partial charge in [-0.25, -0.2) is 4.39 Å². The van der Waals surface area contributed by atoms with E-state index < -0.39 is 6.17 Å². The summed E-state index contributed by atoms with van der Waals surface area (Å²) in [6.45, 7) is 8.20. The van der Waals surface area contributed by atoms with Crippen molar-refractivity contribution in [2.24, 2.45) is 11.8 Å². The Bertz CT molecular complexity index is 450. The zero-order chi connectivity index (χ0) is 14.3. The van der Waals surface area contributed by atoms with Crippen LogP contribution in [0.1, 0.15) is 44.7 Å². The highest BCUT2D eigenvalue weighted by molar-refractivity contribution is 5.02. The minimum absolute atomic E-state index is 0.0686. The third-order valence-electron chi connectivity index (χ3n) is 5.22. The lowest BCUT2D eigenvalue weighted by Gasteiger charge is -2.47. The Balaban J connectivity index is 1.55. The molecule has 3 nitrogen and oxygen atoms in total. The molecule has 2 fully saturated rings. The summed E-state index contributed by atoms with van der Waals surface area (Å²) < 4.78 is 16.3. The first-order valence-electron chi connectivity index (χ1n) is 7.93. The summed E-state index contributed by atoms with van der Waals surface area (Å²) in [5, 5.41) is 4.29. The van der Waals surface area contributed by atoms with E-state index in [-0.39, 0.29) is 6.04 Å². The normalized spacial score (nSPS) is 35.2. The molecule has 1 aromatic heterocycles. The topological polar surface area (TPSA) is 21.1 Å². The van der Waals surface area contributed by atoms with Crippen LogP contribution in [0.15, 0.2) is 12.4 Å². The maximum atomic E-state index is 14.5. The third kappa shape index (κ3) is 2.62. The van der Waals surface area contributed by atoms with Crippen LogP contribution in [0.3, 0.4) is 0 Å². The quantitative estimate of drug-likeness (QED) is 0.847. The van der Waals surface area contributed by atoms with Gasteiger partial charge in [0.1, 0.15) is 6.17 Å².